The maximum absolute atomic E-state index is 12.9. The van der Waals surface area contributed by atoms with Crippen LogP contribution in [0.25, 0.3) is 0 Å². The average Bonchev–Trinajstić information content (AvgIpc) is 2.09. The summed E-state index contributed by atoms with van der Waals surface area (Å²) in [6.45, 7) is 5.75. The van der Waals surface area contributed by atoms with E-state index in [9.17, 15) is 4.39 Å². The fraction of sp³-hybridized carbons (Fsp3) is 0.300. The van der Waals surface area contributed by atoms with Crippen molar-refractivity contribution in [3.05, 3.63) is 36.0 Å². The first-order chi connectivity index (χ1) is 5.69. The van der Waals surface area contributed by atoms with Gasteiger partial charge in [0.1, 0.15) is 5.82 Å². The van der Waals surface area contributed by atoms with Gasteiger partial charge in [-0.15, -0.1) is 0 Å². The molecule has 1 radical (unpaired) electrons. The molecule has 0 bridgehead atoms. The van der Waals surface area contributed by atoms with E-state index in [1.54, 1.807) is 6.07 Å². The summed E-state index contributed by atoms with van der Waals surface area (Å²) in [6, 6.07) is 3.16. The summed E-state index contributed by atoms with van der Waals surface area (Å²) in [5.41, 5.74) is 7.67. The molecular formula is C10H13FN. The first-order valence-corrected chi connectivity index (χ1v) is 4.05. The molecule has 1 aromatic carbocycles. The highest BCUT2D eigenvalue weighted by Crippen LogP contribution is 2.18. The van der Waals surface area contributed by atoms with Crippen LogP contribution in [-0.4, -0.2) is 0 Å². The number of aryl methyl sites for hydroxylation is 1. The molecule has 0 saturated carbocycles. The molecule has 0 aliphatic carbocycles. The molecule has 0 heterocycles. The fourth-order valence-corrected chi connectivity index (χ4v) is 1.24. The van der Waals surface area contributed by atoms with E-state index in [-0.39, 0.29) is 11.5 Å². The molecule has 0 aliphatic heterocycles. The first-order valence-electron chi connectivity index (χ1n) is 4.05. The van der Waals surface area contributed by atoms with Crippen molar-refractivity contribution in [2.45, 2.75) is 19.8 Å². The Labute approximate surface area is 72.4 Å². The van der Waals surface area contributed by atoms with Crippen molar-refractivity contribution in [1.82, 2.24) is 0 Å². The fourth-order valence-electron chi connectivity index (χ4n) is 1.24. The molecule has 0 saturated heterocycles. The van der Waals surface area contributed by atoms with Gasteiger partial charge in [-0.2, -0.15) is 0 Å². The number of rotatable bonds is 2. The Balaban J connectivity index is 3.19. The molecule has 1 nitrogen and oxygen atoms in total. The maximum atomic E-state index is 12.9. The normalized spacial score (nSPS) is 10.2. The van der Waals surface area contributed by atoms with Gasteiger partial charge < -0.3 is 5.73 Å². The van der Waals surface area contributed by atoms with Crippen LogP contribution in [0.4, 0.5) is 10.1 Å². The van der Waals surface area contributed by atoms with Gasteiger partial charge in [-0.3, -0.25) is 0 Å². The standard InChI is InChI=1S/C10H13FN/c1-3-7-5-9(11)10(12)6-8(7)4-2/h5-6H,2-4,12H2,1H3. The maximum Gasteiger partial charge on any atom is 0.146 e. The summed E-state index contributed by atoms with van der Waals surface area (Å²) >= 11 is 0. The van der Waals surface area contributed by atoms with E-state index in [2.05, 4.69) is 6.92 Å². The lowest BCUT2D eigenvalue weighted by molar-refractivity contribution is 0.629. The molecule has 2 N–H and O–H groups in total. The largest absolute Gasteiger partial charge is 0.396 e. The van der Waals surface area contributed by atoms with E-state index in [0.717, 1.165) is 17.5 Å². The lowest BCUT2D eigenvalue weighted by Crippen LogP contribution is -1.97. The first kappa shape index (κ1) is 9.04. The highest BCUT2D eigenvalue weighted by molar-refractivity contribution is 5.46. The Hall–Kier alpha value is -1.05. The third kappa shape index (κ3) is 1.58. The Morgan fingerprint density at radius 2 is 2.08 bits per heavy atom. The summed E-state index contributed by atoms with van der Waals surface area (Å²) < 4.78 is 12.9. The van der Waals surface area contributed by atoms with Crippen LogP contribution in [0, 0.1) is 12.7 Å². The van der Waals surface area contributed by atoms with Gasteiger partial charge in [-0.05, 0) is 43.0 Å². The van der Waals surface area contributed by atoms with E-state index in [1.165, 1.54) is 6.07 Å². The van der Waals surface area contributed by atoms with Crippen LogP contribution in [0.5, 0.6) is 0 Å². The van der Waals surface area contributed by atoms with Crippen LogP contribution in [0.15, 0.2) is 12.1 Å². The Kier molecular flexibility index (Phi) is 2.69. The minimum Gasteiger partial charge on any atom is -0.396 e. The van der Waals surface area contributed by atoms with E-state index >= 15 is 0 Å². The highest BCUT2D eigenvalue weighted by Gasteiger charge is 2.04. The van der Waals surface area contributed by atoms with Crippen molar-refractivity contribution in [3.8, 4) is 0 Å². The Morgan fingerprint density at radius 3 is 2.58 bits per heavy atom. The van der Waals surface area contributed by atoms with Crippen LogP contribution >= 0.6 is 0 Å². The summed E-state index contributed by atoms with van der Waals surface area (Å²) in [7, 11) is 0. The minimum atomic E-state index is -0.330. The van der Waals surface area contributed by atoms with E-state index in [4.69, 9.17) is 5.73 Å². The number of nitrogens with two attached hydrogens (primary N) is 1. The van der Waals surface area contributed by atoms with Crippen LogP contribution in [0.2, 0.25) is 0 Å². The second kappa shape index (κ2) is 3.57. The van der Waals surface area contributed by atoms with Crippen molar-refractivity contribution < 1.29 is 4.39 Å². The number of anilines is 1. The molecule has 0 spiro atoms. The topological polar surface area (TPSA) is 26.0 Å². The molecule has 2 heteroatoms. The van der Waals surface area contributed by atoms with Crippen molar-refractivity contribution >= 4 is 5.69 Å². The second-order valence-corrected chi connectivity index (χ2v) is 2.75. The molecule has 0 aromatic heterocycles. The Morgan fingerprint density at radius 1 is 1.42 bits per heavy atom. The molecule has 0 unspecified atom stereocenters. The van der Waals surface area contributed by atoms with Crippen molar-refractivity contribution in [1.29, 1.82) is 0 Å². The number of hydrogen-bond donors (Lipinski definition) is 1. The van der Waals surface area contributed by atoms with Gasteiger partial charge in [0.25, 0.3) is 0 Å². The average molecular weight is 166 g/mol. The molecular weight excluding hydrogens is 153 g/mol. The van der Waals surface area contributed by atoms with Gasteiger partial charge in [0, 0.05) is 0 Å². The number of hydrogen-bond acceptors (Lipinski definition) is 1. The highest BCUT2D eigenvalue weighted by atomic mass is 19.1. The number of nitrogen functional groups attached to an aromatic ring is 1. The summed E-state index contributed by atoms with van der Waals surface area (Å²) in [5.74, 6) is -0.330. The SMILES string of the molecule is [CH2]Cc1cc(N)c(F)cc1CC. The second-order valence-electron chi connectivity index (χ2n) is 2.75. The smallest absolute Gasteiger partial charge is 0.146 e. The molecule has 65 valence electrons. The zero-order valence-corrected chi connectivity index (χ0v) is 7.23. The van der Waals surface area contributed by atoms with Gasteiger partial charge >= 0.3 is 0 Å². The van der Waals surface area contributed by atoms with Gasteiger partial charge in [-0.25, -0.2) is 4.39 Å². The molecule has 0 atom stereocenters. The summed E-state index contributed by atoms with van der Waals surface area (Å²) in [6.07, 6.45) is 1.48. The molecule has 1 rings (SSSR count). The zero-order chi connectivity index (χ0) is 9.14. The third-order valence-electron chi connectivity index (χ3n) is 1.97. The molecule has 0 aliphatic rings. The predicted molar refractivity (Wildman–Crippen MR) is 49.3 cm³/mol. The quantitative estimate of drug-likeness (QED) is 0.670. The zero-order valence-electron chi connectivity index (χ0n) is 7.23. The minimum absolute atomic E-state index is 0.214. The van der Waals surface area contributed by atoms with E-state index in [0.29, 0.717) is 6.42 Å². The van der Waals surface area contributed by atoms with E-state index < -0.39 is 0 Å². The molecule has 0 fully saturated rings. The van der Waals surface area contributed by atoms with Gasteiger partial charge in [0.2, 0.25) is 0 Å². The Bertz CT molecular complexity index is 252. The lowest BCUT2D eigenvalue weighted by Gasteiger charge is -2.07. The van der Waals surface area contributed by atoms with Crippen molar-refractivity contribution in [2.75, 3.05) is 5.73 Å². The lowest BCUT2D eigenvalue weighted by atomic mass is 10.0. The molecule has 12 heavy (non-hydrogen) atoms. The molecule has 0 amide bonds. The predicted octanol–water partition coefficient (Wildman–Crippen LogP) is 2.35. The molecule has 1 aromatic rings. The van der Waals surface area contributed by atoms with Gasteiger partial charge in [0.15, 0.2) is 0 Å². The van der Waals surface area contributed by atoms with Gasteiger partial charge in [-0.1, -0.05) is 6.92 Å². The van der Waals surface area contributed by atoms with Crippen molar-refractivity contribution in [3.63, 3.8) is 0 Å². The van der Waals surface area contributed by atoms with Gasteiger partial charge in [0.05, 0.1) is 5.69 Å². The third-order valence-corrected chi connectivity index (χ3v) is 1.97. The van der Waals surface area contributed by atoms with Crippen molar-refractivity contribution in [2.24, 2.45) is 0 Å². The summed E-state index contributed by atoms with van der Waals surface area (Å²) in [5, 5.41) is 0. The number of halogens is 1. The van der Waals surface area contributed by atoms with E-state index in [1.807, 2.05) is 6.92 Å². The van der Waals surface area contributed by atoms with Crippen LogP contribution in [-0.2, 0) is 12.8 Å². The van der Waals surface area contributed by atoms with Crippen LogP contribution < -0.4 is 5.73 Å². The van der Waals surface area contributed by atoms with Crippen LogP contribution in [0.3, 0.4) is 0 Å². The monoisotopic (exact) mass is 166 g/mol. The number of benzene rings is 1. The van der Waals surface area contributed by atoms with Crippen LogP contribution in [0.1, 0.15) is 18.1 Å². The summed E-state index contributed by atoms with van der Waals surface area (Å²) in [4.78, 5) is 0.